The SMILES string of the molecule is Nc1cccc[15n]1. The van der Waals surface area contributed by atoms with Gasteiger partial charge in [0.05, 0.1) is 0 Å². The summed E-state index contributed by atoms with van der Waals surface area (Å²) in [6.45, 7) is 0. The van der Waals surface area contributed by atoms with E-state index < -0.39 is 0 Å². The van der Waals surface area contributed by atoms with Gasteiger partial charge in [0.2, 0.25) is 0 Å². The van der Waals surface area contributed by atoms with Crippen molar-refractivity contribution < 1.29 is 0 Å². The van der Waals surface area contributed by atoms with Crippen LogP contribution in [-0.2, 0) is 0 Å². The number of anilines is 1. The normalized spacial score (nSPS) is 8.57. The zero-order valence-corrected chi connectivity index (χ0v) is 3.83. The number of hydrogen-bond donors (Lipinski definition) is 1. The Labute approximate surface area is 42.0 Å². The minimum absolute atomic E-state index is 0.572. The largest absolute Gasteiger partial charge is 0.384 e. The van der Waals surface area contributed by atoms with Crippen LogP contribution in [-0.4, -0.2) is 4.98 Å². The van der Waals surface area contributed by atoms with Gasteiger partial charge in [-0.05, 0) is 12.1 Å². The van der Waals surface area contributed by atoms with Gasteiger partial charge in [0, 0.05) is 6.20 Å². The first-order chi connectivity index (χ1) is 3.39. The number of hydrogen-bond acceptors (Lipinski definition) is 2. The van der Waals surface area contributed by atoms with Crippen molar-refractivity contribution in [3.8, 4) is 0 Å². The molecule has 2 nitrogen and oxygen atoms in total. The quantitative estimate of drug-likeness (QED) is 0.514. The Hall–Kier alpha value is -1.05. The molecule has 0 aliphatic carbocycles. The molecule has 1 heterocycles. The molecule has 0 unspecified atom stereocenters. The van der Waals surface area contributed by atoms with Crippen molar-refractivity contribution in [2.45, 2.75) is 0 Å². The van der Waals surface area contributed by atoms with Crippen LogP contribution in [0, 0.1) is 0 Å². The van der Waals surface area contributed by atoms with Crippen LogP contribution in [0.3, 0.4) is 0 Å². The Morgan fingerprint density at radius 1 is 1.43 bits per heavy atom. The molecule has 0 aliphatic rings. The first-order valence-corrected chi connectivity index (χ1v) is 2.06. The summed E-state index contributed by atoms with van der Waals surface area (Å²) >= 11 is 0. The smallest absolute Gasteiger partial charge is 0.123 e. The molecule has 1 aromatic heterocycles. The van der Waals surface area contributed by atoms with E-state index in [9.17, 15) is 0 Å². The second-order valence-electron chi connectivity index (χ2n) is 1.25. The summed E-state index contributed by atoms with van der Waals surface area (Å²) < 4.78 is 0. The van der Waals surface area contributed by atoms with E-state index >= 15 is 0 Å². The third-order valence-corrected chi connectivity index (χ3v) is 0.688. The molecular weight excluding hydrogens is 89.1 g/mol. The fraction of sp³-hybridized carbons (Fsp3) is 0. The molecule has 0 radical (unpaired) electrons. The van der Waals surface area contributed by atoms with Crippen LogP contribution in [0.4, 0.5) is 5.82 Å². The van der Waals surface area contributed by atoms with Gasteiger partial charge in [-0.2, -0.15) is 0 Å². The predicted octanol–water partition coefficient (Wildman–Crippen LogP) is 0.664. The van der Waals surface area contributed by atoms with E-state index in [-0.39, 0.29) is 0 Å². The van der Waals surface area contributed by atoms with Crippen molar-refractivity contribution >= 4 is 5.82 Å². The highest BCUT2D eigenvalue weighted by Crippen LogP contribution is 1.89. The average Bonchev–Trinajstić information content (AvgIpc) is 1.69. The van der Waals surface area contributed by atoms with E-state index in [0.29, 0.717) is 5.82 Å². The van der Waals surface area contributed by atoms with Crippen LogP contribution in [0.15, 0.2) is 24.4 Å². The monoisotopic (exact) mass is 95.1 g/mol. The summed E-state index contributed by atoms with van der Waals surface area (Å²) in [5.74, 6) is 0.572. The van der Waals surface area contributed by atoms with Crippen molar-refractivity contribution in [2.24, 2.45) is 0 Å². The maximum atomic E-state index is 5.25. The molecule has 36 valence electrons. The van der Waals surface area contributed by atoms with Gasteiger partial charge in [0.15, 0.2) is 0 Å². The molecule has 2 N–H and O–H groups in total. The predicted molar refractivity (Wildman–Crippen MR) is 28.6 cm³/mol. The molecule has 0 aromatic carbocycles. The number of nitrogens with zero attached hydrogens (tertiary/aromatic N) is 1. The number of rotatable bonds is 0. The van der Waals surface area contributed by atoms with Gasteiger partial charge < -0.3 is 5.73 Å². The number of nitrogen functional groups attached to an aromatic ring is 1. The Morgan fingerprint density at radius 2 is 2.29 bits per heavy atom. The molecular formula is C5H6N2. The number of nitrogens with two attached hydrogens (primary N) is 1. The zero-order chi connectivity index (χ0) is 5.11. The Morgan fingerprint density at radius 3 is 2.57 bits per heavy atom. The molecule has 0 bridgehead atoms. The fourth-order valence-corrected chi connectivity index (χ4v) is 0.376. The minimum atomic E-state index is 0.572. The van der Waals surface area contributed by atoms with Gasteiger partial charge in [-0.15, -0.1) is 0 Å². The molecule has 2 heteroatoms. The van der Waals surface area contributed by atoms with Gasteiger partial charge in [-0.3, -0.25) is 0 Å². The third kappa shape index (κ3) is 0.892. The molecule has 0 saturated carbocycles. The van der Waals surface area contributed by atoms with Crippen LogP contribution < -0.4 is 5.73 Å². The molecule has 0 atom stereocenters. The van der Waals surface area contributed by atoms with E-state index in [1.165, 1.54) is 0 Å². The standard InChI is InChI=1S/C5H6N2/c6-5-3-1-2-4-7-5/h1-4H,(H2,6,7)/i7+1. The van der Waals surface area contributed by atoms with Gasteiger partial charge in [0.1, 0.15) is 5.82 Å². The van der Waals surface area contributed by atoms with Gasteiger partial charge in [-0.1, -0.05) is 6.07 Å². The molecule has 1 rings (SSSR count). The Balaban J connectivity index is 3.02. The molecule has 0 fully saturated rings. The summed E-state index contributed by atoms with van der Waals surface area (Å²) in [7, 11) is 0. The summed E-state index contributed by atoms with van der Waals surface area (Å²) in [6, 6.07) is 5.43. The van der Waals surface area contributed by atoms with E-state index in [4.69, 9.17) is 5.73 Å². The first kappa shape index (κ1) is 4.12. The van der Waals surface area contributed by atoms with E-state index in [1.807, 2.05) is 12.1 Å². The number of pyridine rings is 1. The molecule has 1 aromatic rings. The highest BCUT2D eigenvalue weighted by Gasteiger charge is 1.73. The summed E-state index contributed by atoms with van der Waals surface area (Å²) in [4.78, 5) is 3.76. The lowest BCUT2D eigenvalue weighted by atomic mass is 10.5. The average molecular weight is 95.1 g/mol. The lowest BCUT2D eigenvalue weighted by Gasteiger charge is -1.82. The number of aromatic nitrogens is 1. The second-order valence-corrected chi connectivity index (χ2v) is 1.25. The van der Waals surface area contributed by atoms with Crippen molar-refractivity contribution in [2.75, 3.05) is 5.73 Å². The maximum absolute atomic E-state index is 5.25. The van der Waals surface area contributed by atoms with E-state index in [1.54, 1.807) is 12.3 Å². The molecule has 0 aliphatic heterocycles. The maximum Gasteiger partial charge on any atom is 0.123 e. The highest BCUT2D eigenvalue weighted by atomic mass is 15.5. The van der Waals surface area contributed by atoms with E-state index in [0.717, 1.165) is 0 Å². The van der Waals surface area contributed by atoms with Crippen molar-refractivity contribution in [1.82, 2.24) is 4.98 Å². The Kier molecular flexibility index (Phi) is 0.941. The summed E-state index contributed by atoms with van der Waals surface area (Å²) in [5.41, 5.74) is 5.25. The zero-order valence-electron chi connectivity index (χ0n) is 3.83. The highest BCUT2D eigenvalue weighted by molar-refractivity contribution is 5.25. The third-order valence-electron chi connectivity index (χ3n) is 0.688. The van der Waals surface area contributed by atoms with Crippen LogP contribution >= 0.6 is 0 Å². The van der Waals surface area contributed by atoms with Gasteiger partial charge in [0.25, 0.3) is 0 Å². The van der Waals surface area contributed by atoms with Crippen LogP contribution in [0.1, 0.15) is 0 Å². The van der Waals surface area contributed by atoms with Crippen LogP contribution in [0.2, 0.25) is 0 Å². The van der Waals surface area contributed by atoms with Crippen LogP contribution in [0.5, 0.6) is 0 Å². The van der Waals surface area contributed by atoms with Crippen molar-refractivity contribution in [1.29, 1.82) is 0 Å². The van der Waals surface area contributed by atoms with Gasteiger partial charge >= 0.3 is 0 Å². The first-order valence-electron chi connectivity index (χ1n) is 2.06. The second kappa shape index (κ2) is 1.60. The fourth-order valence-electron chi connectivity index (χ4n) is 0.376. The van der Waals surface area contributed by atoms with E-state index in [2.05, 4.69) is 4.98 Å². The van der Waals surface area contributed by atoms with Crippen molar-refractivity contribution in [3.63, 3.8) is 0 Å². The topological polar surface area (TPSA) is 38.9 Å². The summed E-state index contributed by atoms with van der Waals surface area (Å²) in [6.07, 6.45) is 1.66. The molecule has 0 saturated heterocycles. The van der Waals surface area contributed by atoms with Gasteiger partial charge in [-0.25, -0.2) is 4.98 Å². The minimum Gasteiger partial charge on any atom is -0.384 e. The summed E-state index contributed by atoms with van der Waals surface area (Å²) in [5, 5.41) is 0. The van der Waals surface area contributed by atoms with Crippen LogP contribution in [0.25, 0.3) is 0 Å². The van der Waals surface area contributed by atoms with Crippen molar-refractivity contribution in [3.05, 3.63) is 24.4 Å². The Bertz CT molecular complexity index is 136. The molecule has 0 amide bonds. The molecule has 7 heavy (non-hydrogen) atoms. The molecule has 0 spiro atoms. The lowest BCUT2D eigenvalue weighted by molar-refractivity contribution is 1.34. The lowest BCUT2D eigenvalue weighted by Crippen LogP contribution is -1.85.